The lowest BCUT2D eigenvalue weighted by Gasteiger charge is -2.05. The molecule has 0 aliphatic rings. The summed E-state index contributed by atoms with van der Waals surface area (Å²) < 4.78 is 25.0. The maximum Gasteiger partial charge on any atom is 0.335 e. The van der Waals surface area contributed by atoms with Gasteiger partial charge in [0.1, 0.15) is 0 Å². The smallest absolute Gasteiger partial charge is 0.335 e. The Morgan fingerprint density at radius 3 is 2.31 bits per heavy atom. The minimum Gasteiger partial charge on any atom is -0.478 e. The van der Waals surface area contributed by atoms with Crippen LogP contribution in [0.25, 0.3) is 16.9 Å². The monoisotopic (exact) mass is 408 g/mol. The van der Waals surface area contributed by atoms with E-state index < -0.39 is 15.8 Å². The van der Waals surface area contributed by atoms with Gasteiger partial charge in [0.15, 0.2) is 15.5 Å². The molecule has 0 amide bonds. The quantitative estimate of drug-likeness (QED) is 0.521. The molecule has 2 heterocycles. The topological polar surface area (TPSA) is 114 Å². The highest BCUT2D eigenvalue weighted by Gasteiger charge is 2.11. The molecule has 2 aromatic heterocycles. The number of fused-ring (bicyclic) bond motifs is 1. The normalized spacial score (nSPS) is 11.5. The van der Waals surface area contributed by atoms with E-state index in [1.165, 1.54) is 18.4 Å². The van der Waals surface area contributed by atoms with Gasteiger partial charge in [-0.2, -0.15) is 4.98 Å². The highest BCUT2D eigenvalue weighted by molar-refractivity contribution is 7.90. The van der Waals surface area contributed by atoms with Crippen molar-refractivity contribution in [3.63, 3.8) is 0 Å². The van der Waals surface area contributed by atoms with E-state index >= 15 is 0 Å². The van der Waals surface area contributed by atoms with E-state index in [1.807, 2.05) is 12.1 Å². The number of benzene rings is 2. The van der Waals surface area contributed by atoms with Gasteiger partial charge in [-0.25, -0.2) is 17.7 Å². The number of anilines is 2. The maximum absolute atomic E-state index is 11.7. The van der Waals surface area contributed by atoms with Crippen molar-refractivity contribution in [1.82, 2.24) is 14.6 Å². The Hall–Kier alpha value is -3.72. The van der Waals surface area contributed by atoms with Crippen LogP contribution in [0.4, 0.5) is 11.6 Å². The van der Waals surface area contributed by atoms with Gasteiger partial charge in [-0.3, -0.25) is 0 Å². The number of hydrogen-bond donors (Lipinski definition) is 2. The molecule has 29 heavy (non-hydrogen) atoms. The molecule has 0 aliphatic carbocycles. The third kappa shape index (κ3) is 3.81. The molecule has 0 aliphatic heterocycles. The lowest BCUT2D eigenvalue weighted by atomic mass is 10.1. The lowest BCUT2D eigenvalue weighted by Crippen LogP contribution is -1.98. The Morgan fingerprint density at radius 2 is 1.69 bits per heavy atom. The van der Waals surface area contributed by atoms with Gasteiger partial charge in [-0.05, 0) is 48.5 Å². The Balaban J connectivity index is 1.67. The summed E-state index contributed by atoms with van der Waals surface area (Å²) in [4.78, 5) is 15.6. The molecule has 2 N–H and O–H groups in total. The fourth-order valence-corrected chi connectivity index (χ4v) is 3.51. The van der Waals surface area contributed by atoms with Crippen molar-refractivity contribution in [3.05, 3.63) is 72.3 Å². The number of carboxylic acid groups (broad SMARTS) is 1. The number of aromatic nitrogens is 3. The van der Waals surface area contributed by atoms with Crippen LogP contribution in [-0.4, -0.2) is 40.3 Å². The van der Waals surface area contributed by atoms with Crippen molar-refractivity contribution in [2.45, 2.75) is 4.90 Å². The van der Waals surface area contributed by atoms with Gasteiger partial charge in [0.2, 0.25) is 5.95 Å². The summed E-state index contributed by atoms with van der Waals surface area (Å²) in [6.45, 7) is 0. The predicted octanol–water partition coefficient (Wildman–Crippen LogP) is 3.24. The average molecular weight is 408 g/mol. The first-order valence-electron chi connectivity index (χ1n) is 8.58. The van der Waals surface area contributed by atoms with Crippen LogP contribution < -0.4 is 5.32 Å². The highest BCUT2D eigenvalue weighted by Crippen LogP contribution is 2.23. The summed E-state index contributed by atoms with van der Waals surface area (Å²) in [6, 6.07) is 18.4. The Kier molecular flexibility index (Phi) is 4.51. The van der Waals surface area contributed by atoms with Gasteiger partial charge in [0.25, 0.3) is 0 Å². The van der Waals surface area contributed by atoms with Crippen LogP contribution in [0, 0.1) is 0 Å². The Labute approximate surface area is 166 Å². The number of sulfone groups is 1. The minimum absolute atomic E-state index is 0.193. The van der Waals surface area contributed by atoms with Gasteiger partial charge in [0.05, 0.1) is 16.2 Å². The van der Waals surface area contributed by atoms with Crippen LogP contribution in [0.1, 0.15) is 10.4 Å². The van der Waals surface area contributed by atoms with Crippen molar-refractivity contribution in [2.75, 3.05) is 11.6 Å². The number of carboxylic acids is 1. The third-order valence-corrected chi connectivity index (χ3v) is 5.45. The third-order valence-electron chi connectivity index (χ3n) is 4.33. The van der Waals surface area contributed by atoms with E-state index in [4.69, 9.17) is 5.11 Å². The molecular formula is C20H16N4O4S. The number of pyridine rings is 1. The number of aromatic carboxylic acids is 1. The van der Waals surface area contributed by atoms with E-state index in [2.05, 4.69) is 15.4 Å². The lowest BCUT2D eigenvalue weighted by molar-refractivity contribution is 0.0697. The molecule has 0 unspecified atom stereocenters. The molecule has 0 saturated carbocycles. The molecule has 8 nitrogen and oxygen atoms in total. The average Bonchev–Trinajstić information content (AvgIpc) is 3.10. The van der Waals surface area contributed by atoms with Gasteiger partial charge in [-0.1, -0.05) is 18.2 Å². The van der Waals surface area contributed by atoms with E-state index in [-0.39, 0.29) is 10.5 Å². The molecule has 2 aromatic carbocycles. The summed E-state index contributed by atoms with van der Waals surface area (Å²) in [5.74, 6) is -0.637. The van der Waals surface area contributed by atoms with Crippen LogP contribution in [0.2, 0.25) is 0 Å². The molecule has 9 heteroatoms. The molecule has 4 rings (SSSR count). The number of nitrogens with one attached hydrogen (secondary N) is 1. The molecule has 0 saturated heterocycles. The van der Waals surface area contributed by atoms with Gasteiger partial charge < -0.3 is 10.4 Å². The molecule has 0 atom stereocenters. The van der Waals surface area contributed by atoms with Crippen LogP contribution in [0.5, 0.6) is 0 Å². The van der Waals surface area contributed by atoms with Crippen molar-refractivity contribution < 1.29 is 18.3 Å². The standard InChI is InChI=1S/C20H16N4O4S/c1-29(27,28)16-11-7-13(8-12-16)17-3-2-4-18-22-20(23-24(17)18)21-15-9-5-14(6-10-15)19(25)26/h2-12H,1H3,(H,21,23)(H,25,26). The number of carbonyl (C=O) groups is 1. The highest BCUT2D eigenvalue weighted by atomic mass is 32.2. The molecule has 0 spiro atoms. The van der Waals surface area contributed by atoms with Crippen LogP contribution in [-0.2, 0) is 9.84 Å². The summed E-state index contributed by atoms with van der Waals surface area (Å²) in [7, 11) is -3.26. The number of hydrogen-bond acceptors (Lipinski definition) is 6. The van der Waals surface area contributed by atoms with Gasteiger partial charge >= 0.3 is 5.97 Å². The summed E-state index contributed by atoms with van der Waals surface area (Å²) in [5, 5.41) is 16.5. The van der Waals surface area contributed by atoms with Gasteiger partial charge in [0, 0.05) is 17.5 Å². The first kappa shape index (κ1) is 18.6. The van der Waals surface area contributed by atoms with E-state index in [9.17, 15) is 13.2 Å². The second kappa shape index (κ2) is 7.02. The number of nitrogens with zero attached hydrogens (tertiary/aromatic N) is 3. The molecule has 0 radical (unpaired) electrons. The second-order valence-electron chi connectivity index (χ2n) is 6.42. The minimum atomic E-state index is -3.26. The maximum atomic E-state index is 11.7. The summed E-state index contributed by atoms with van der Waals surface area (Å²) in [5.41, 5.74) is 3.01. The van der Waals surface area contributed by atoms with Crippen LogP contribution >= 0.6 is 0 Å². The fourth-order valence-electron chi connectivity index (χ4n) is 2.87. The second-order valence-corrected chi connectivity index (χ2v) is 8.44. The van der Waals surface area contributed by atoms with Crippen molar-refractivity contribution in [2.24, 2.45) is 0 Å². The zero-order valence-corrected chi connectivity index (χ0v) is 16.1. The molecule has 146 valence electrons. The van der Waals surface area contributed by atoms with E-state index in [1.54, 1.807) is 47.0 Å². The molecular weight excluding hydrogens is 392 g/mol. The largest absolute Gasteiger partial charge is 0.478 e. The summed E-state index contributed by atoms with van der Waals surface area (Å²) in [6.07, 6.45) is 1.17. The first-order valence-corrected chi connectivity index (χ1v) is 10.5. The van der Waals surface area contributed by atoms with Crippen molar-refractivity contribution in [3.8, 4) is 11.3 Å². The SMILES string of the molecule is CS(=O)(=O)c1ccc(-c2cccc3nc(Nc4ccc(C(=O)O)cc4)nn23)cc1. The molecule has 4 aromatic rings. The van der Waals surface area contributed by atoms with Crippen LogP contribution in [0.3, 0.4) is 0 Å². The predicted molar refractivity (Wildman–Crippen MR) is 108 cm³/mol. The molecule has 0 fully saturated rings. The Morgan fingerprint density at radius 1 is 1.00 bits per heavy atom. The van der Waals surface area contributed by atoms with Gasteiger partial charge in [-0.15, -0.1) is 5.10 Å². The van der Waals surface area contributed by atoms with E-state index in [0.29, 0.717) is 17.3 Å². The summed E-state index contributed by atoms with van der Waals surface area (Å²) >= 11 is 0. The van der Waals surface area contributed by atoms with E-state index in [0.717, 1.165) is 11.3 Å². The van der Waals surface area contributed by atoms with Crippen molar-refractivity contribution >= 4 is 33.1 Å². The molecule has 0 bridgehead atoms. The Bertz CT molecular complexity index is 1310. The first-order chi connectivity index (χ1) is 13.8. The zero-order chi connectivity index (χ0) is 20.6. The van der Waals surface area contributed by atoms with Crippen LogP contribution in [0.15, 0.2) is 71.6 Å². The fraction of sp³-hybridized carbons (Fsp3) is 0.0500. The van der Waals surface area contributed by atoms with Crippen molar-refractivity contribution in [1.29, 1.82) is 0 Å². The number of rotatable bonds is 5. The zero-order valence-electron chi connectivity index (χ0n) is 15.3.